The first-order valence-corrected chi connectivity index (χ1v) is 6.12. The van der Waals surface area contributed by atoms with Crippen LogP contribution in [0, 0.1) is 0 Å². The first kappa shape index (κ1) is 12.7. The molecule has 1 aromatic rings. The van der Waals surface area contributed by atoms with Crippen LogP contribution >= 0.6 is 0 Å². The molecule has 0 saturated carbocycles. The van der Waals surface area contributed by atoms with E-state index in [0.29, 0.717) is 0 Å². The van der Waals surface area contributed by atoms with Gasteiger partial charge in [0.1, 0.15) is 11.9 Å². The third-order valence-electron chi connectivity index (χ3n) is 3.04. The van der Waals surface area contributed by atoms with E-state index in [2.05, 4.69) is 10.6 Å². The average Bonchev–Trinajstić information content (AvgIpc) is 2.82. The number of carbonyl (C=O) groups is 1. The van der Waals surface area contributed by atoms with E-state index in [-0.39, 0.29) is 12.1 Å². The molecule has 5 heteroatoms. The van der Waals surface area contributed by atoms with Crippen molar-refractivity contribution >= 4 is 6.09 Å². The molecule has 2 atom stereocenters. The van der Waals surface area contributed by atoms with Gasteiger partial charge in [-0.1, -0.05) is 12.1 Å². The van der Waals surface area contributed by atoms with Crippen LogP contribution in [0.25, 0.3) is 0 Å². The van der Waals surface area contributed by atoms with Crippen molar-refractivity contribution in [2.45, 2.75) is 25.5 Å². The smallest absolute Gasteiger partial charge is 0.405 e. The maximum Gasteiger partial charge on any atom is 0.405 e. The van der Waals surface area contributed by atoms with Gasteiger partial charge in [0.15, 0.2) is 0 Å². The molecular formula is C13H18N2O3. The average molecular weight is 250 g/mol. The first-order valence-electron chi connectivity index (χ1n) is 6.12. The zero-order valence-corrected chi connectivity index (χ0v) is 10.3. The molecule has 0 aromatic heterocycles. The summed E-state index contributed by atoms with van der Waals surface area (Å²) in [6.45, 7) is 3.70. The molecular weight excluding hydrogens is 232 g/mol. The van der Waals surface area contributed by atoms with E-state index >= 15 is 0 Å². The number of rotatable bonds is 4. The second-order valence-corrected chi connectivity index (χ2v) is 4.47. The third kappa shape index (κ3) is 3.37. The van der Waals surface area contributed by atoms with Crippen LogP contribution in [0.4, 0.5) is 4.79 Å². The van der Waals surface area contributed by atoms with E-state index in [1.807, 2.05) is 31.2 Å². The summed E-state index contributed by atoms with van der Waals surface area (Å²) in [7, 11) is 0. The van der Waals surface area contributed by atoms with Crippen LogP contribution in [-0.4, -0.2) is 30.4 Å². The van der Waals surface area contributed by atoms with Gasteiger partial charge in [-0.15, -0.1) is 0 Å². The van der Waals surface area contributed by atoms with Crippen molar-refractivity contribution in [3.05, 3.63) is 29.8 Å². The second kappa shape index (κ2) is 5.73. The molecule has 5 nitrogen and oxygen atoms in total. The number of carboxylic acid groups (broad SMARTS) is 1. The summed E-state index contributed by atoms with van der Waals surface area (Å²) in [5, 5.41) is 14.3. The van der Waals surface area contributed by atoms with Gasteiger partial charge in [0.25, 0.3) is 0 Å². The topological polar surface area (TPSA) is 70.6 Å². The Hall–Kier alpha value is -1.75. The lowest BCUT2D eigenvalue weighted by Gasteiger charge is -2.15. The first-order chi connectivity index (χ1) is 8.65. The molecule has 1 amide bonds. The van der Waals surface area contributed by atoms with E-state index in [1.165, 1.54) is 0 Å². The van der Waals surface area contributed by atoms with E-state index in [1.54, 1.807) is 0 Å². The van der Waals surface area contributed by atoms with E-state index < -0.39 is 6.09 Å². The summed E-state index contributed by atoms with van der Waals surface area (Å²) < 4.78 is 5.79. The third-order valence-corrected chi connectivity index (χ3v) is 3.04. The number of ether oxygens (including phenoxy) is 1. The van der Waals surface area contributed by atoms with Gasteiger partial charge in [0.2, 0.25) is 0 Å². The molecule has 1 fully saturated rings. The lowest BCUT2D eigenvalue weighted by molar-refractivity contribution is 0.191. The lowest BCUT2D eigenvalue weighted by atomic mass is 10.1. The van der Waals surface area contributed by atoms with Gasteiger partial charge >= 0.3 is 6.09 Å². The van der Waals surface area contributed by atoms with Gasteiger partial charge in [-0.2, -0.15) is 0 Å². The Morgan fingerprint density at radius 3 is 2.78 bits per heavy atom. The Bertz CT molecular complexity index is 399. The molecule has 1 aliphatic heterocycles. The Labute approximate surface area is 106 Å². The van der Waals surface area contributed by atoms with Gasteiger partial charge in [-0.05, 0) is 37.6 Å². The highest BCUT2D eigenvalue weighted by Crippen LogP contribution is 2.19. The van der Waals surface area contributed by atoms with Crippen molar-refractivity contribution in [1.29, 1.82) is 0 Å². The Kier molecular flexibility index (Phi) is 4.04. The highest BCUT2D eigenvalue weighted by Gasteiger charge is 2.16. The van der Waals surface area contributed by atoms with Crippen molar-refractivity contribution in [1.82, 2.24) is 10.6 Å². The van der Waals surface area contributed by atoms with Gasteiger partial charge in [0, 0.05) is 6.54 Å². The van der Waals surface area contributed by atoms with Crippen molar-refractivity contribution in [2.24, 2.45) is 0 Å². The maximum atomic E-state index is 10.5. The van der Waals surface area contributed by atoms with Crippen LogP contribution in [0.3, 0.4) is 0 Å². The fraction of sp³-hybridized carbons (Fsp3) is 0.462. The molecule has 1 aliphatic rings. The van der Waals surface area contributed by atoms with Crippen LogP contribution in [0.1, 0.15) is 24.9 Å². The summed E-state index contributed by atoms with van der Waals surface area (Å²) in [5.74, 6) is 0.829. The number of nitrogens with one attached hydrogen (secondary N) is 2. The van der Waals surface area contributed by atoms with Crippen LogP contribution in [-0.2, 0) is 0 Å². The zero-order chi connectivity index (χ0) is 13.0. The minimum Gasteiger partial charge on any atom is -0.489 e. The number of hydrogen-bond acceptors (Lipinski definition) is 3. The summed E-state index contributed by atoms with van der Waals surface area (Å²) in [6.07, 6.45) is 0.254. The second-order valence-electron chi connectivity index (χ2n) is 4.47. The van der Waals surface area contributed by atoms with Crippen LogP contribution in [0.5, 0.6) is 5.75 Å². The minimum atomic E-state index is -1.01. The monoisotopic (exact) mass is 250 g/mol. The predicted octanol–water partition coefficient (Wildman–Crippen LogP) is 1.76. The predicted molar refractivity (Wildman–Crippen MR) is 67.9 cm³/mol. The van der Waals surface area contributed by atoms with Crippen LogP contribution < -0.4 is 15.4 Å². The largest absolute Gasteiger partial charge is 0.489 e. The molecule has 2 rings (SSSR count). The molecule has 0 unspecified atom stereocenters. The summed E-state index contributed by atoms with van der Waals surface area (Å²) >= 11 is 0. The Morgan fingerprint density at radius 1 is 1.50 bits per heavy atom. The van der Waals surface area contributed by atoms with Gasteiger partial charge < -0.3 is 20.5 Å². The standard InChI is InChI=1S/C13H18N2O3/c1-9(15-13(16)17)10-2-4-11(5-3-10)18-12-6-7-14-8-12/h2-5,9,12,14-15H,6-8H2,1H3,(H,16,17)/t9-,12+/m0/s1. The number of benzene rings is 1. The van der Waals surface area contributed by atoms with Gasteiger partial charge in [-0.3, -0.25) is 0 Å². The van der Waals surface area contributed by atoms with E-state index in [0.717, 1.165) is 30.8 Å². The fourth-order valence-corrected chi connectivity index (χ4v) is 2.02. The fourth-order valence-electron chi connectivity index (χ4n) is 2.02. The Morgan fingerprint density at radius 2 is 2.22 bits per heavy atom. The lowest BCUT2D eigenvalue weighted by Crippen LogP contribution is -2.24. The number of hydrogen-bond donors (Lipinski definition) is 3. The SMILES string of the molecule is C[C@H](NC(=O)O)c1ccc(O[C@@H]2CCNC2)cc1. The molecule has 1 saturated heterocycles. The Balaban J connectivity index is 1.94. The molecule has 0 spiro atoms. The zero-order valence-electron chi connectivity index (χ0n) is 10.3. The quantitative estimate of drug-likeness (QED) is 0.761. The van der Waals surface area contributed by atoms with Crippen LogP contribution in [0.2, 0.25) is 0 Å². The van der Waals surface area contributed by atoms with Crippen molar-refractivity contribution in [2.75, 3.05) is 13.1 Å². The minimum absolute atomic E-state index is 0.218. The van der Waals surface area contributed by atoms with Crippen molar-refractivity contribution in [3.8, 4) is 5.75 Å². The van der Waals surface area contributed by atoms with E-state index in [9.17, 15) is 4.79 Å². The highest BCUT2D eigenvalue weighted by atomic mass is 16.5. The van der Waals surface area contributed by atoms with Crippen molar-refractivity contribution in [3.63, 3.8) is 0 Å². The van der Waals surface area contributed by atoms with Crippen LogP contribution in [0.15, 0.2) is 24.3 Å². The molecule has 0 bridgehead atoms. The van der Waals surface area contributed by atoms with Gasteiger partial charge in [0.05, 0.1) is 6.04 Å². The molecule has 98 valence electrons. The molecule has 18 heavy (non-hydrogen) atoms. The molecule has 1 heterocycles. The normalized spacial score (nSPS) is 20.4. The number of amides is 1. The maximum absolute atomic E-state index is 10.5. The van der Waals surface area contributed by atoms with E-state index in [4.69, 9.17) is 9.84 Å². The molecule has 1 aromatic carbocycles. The molecule has 0 radical (unpaired) electrons. The summed E-state index contributed by atoms with van der Waals surface area (Å²) in [4.78, 5) is 10.5. The molecule has 3 N–H and O–H groups in total. The molecule has 0 aliphatic carbocycles. The van der Waals surface area contributed by atoms with Crippen molar-refractivity contribution < 1.29 is 14.6 Å². The summed E-state index contributed by atoms with van der Waals surface area (Å²) in [5.41, 5.74) is 0.925. The van der Waals surface area contributed by atoms with Gasteiger partial charge in [-0.25, -0.2) is 4.79 Å². The summed E-state index contributed by atoms with van der Waals surface area (Å²) in [6, 6.07) is 7.32. The highest BCUT2D eigenvalue weighted by molar-refractivity contribution is 5.65.